The monoisotopic (exact) mass is 336 g/mol. The summed E-state index contributed by atoms with van der Waals surface area (Å²) in [6, 6.07) is 5.85. The van der Waals surface area contributed by atoms with Gasteiger partial charge in [0.1, 0.15) is 4.99 Å². The van der Waals surface area contributed by atoms with Crippen molar-refractivity contribution in [3.63, 3.8) is 0 Å². The van der Waals surface area contributed by atoms with Gasteiger partial charge in [-0.25, -0.2) is 21.6 Å². The number of hydrogen-bond acceptors (Lipinski definition) is 5. The quantitative estimate of drug-likeness (QED) is 0.681. The molecule has 0 aliphatic heterocycles. The second kappa shape index (κ2) is 6.61. The molecule has 0 spiro atoms. The Hall–Kier alpha value is -1.03. The molecular formula is C11H16N2O4S3. The van der Waals surface area contributed by atoms with Crippen molar-refractivity contribution in [3.8, 4) is 0 Å². The highest BCUT2D eigenvalue weighted by molar-refractivity contribution is 7.91. The van der Waals surface area contributed by atoms with Crippen LogP contribution < -0.4 is 10.5 Å². The Kier molecular flexibility index (Phi) is 5.63. The maximum atomic E-state index is 12.0. The molecule has 0 atom stereocenters. The van der Waals surface area contributed by atoms with Gasteiger partial charge in [-0.2, -0.15) is 0 Å². The lowest BCUT2D eigenvalue weighted by molar-refractivity contribution is 0.581. The fraction of sp³-hybridized carbons (Fsp3) is 0.364. The zero-order valence-electron chi connectivity index (χ0n) is 10.9. The first-order chi connectivity index (χ1) is 9.18. The number of benzene rings is 1. The molecule has 0 bridgehead atoms. The summed E-state index contributed by atoms with van der Waals surface area (Å²) in [5, 5.41) is 0. The van der Waals surface area contributed by atoms with Gasteiger partial charge in [-0.1, -0.05) is 31.3 Å². The van der Waals surface area contributed by atoms with E-state index < -0.39 is 19.9 Å². The van der Waals surface area contributed by atoms with Gasteiger partial charge in [-0.05, 0) is 12.1 Å². The SMILES string of the molecule is CCS(=O)(=O)CCNS(=O)(=O)c1cccc(C(N)=S)c1. The van der Waals surface area contributed by atoms with Crippen LogP contribution in [0.25, 0.3) is 0 Å². The number of thiocarbonyl (C=S) groups is 1. The van der Waals surface area contributed by atoms with E-state index >= 15 is 0 Å². The van der Waals surface area contributed by atoms with Gasteiger partial charge in [0, 0.05) is 17.9 Å². The van der Waals surface area contributed by atoms with E-state index in [1.165, 1.54) is 25.1 Å². The molecule has 0 amide bonds. The topological polar surface area (TPSA) is 106 Å². The molecular weight excluding hydrogens is 320 g/mol. The molecule has 0 saturated carbocycles. The molecule has 20 heavy (non-hydrogen) atoms. The van der Waals surface area contributed by atoms with E-state index in [2.05, 4.69) is 4.72 Å². The molecule has 0 heterocycles. The minimum absolute atomic E-state index is 0.00306. The maximum absolute atomic E-state index is 12.0. The zero-order chi connectivity index (χ0) is 15.4. The first-order valence-corrected chi connectivity index (χ1v) is 9.49. The third-order valence-electron chi connectivity index (χ3n) is 2.57. The Bertz CT molecular complexity index is 696. The van der Waals surface area contributed by atoms with Crippen molar-refractivity contribution in [3.05, 3.63) is 29.8 Å². The minimum Gasteiger partial charge on any atom is -0.389 e. The highest BCUT2D eigenvalue weighted by atomic mass is 32.2. The summed E-state index contributed by atoms with van der Waals surface area (Å²) in [5.74, 6) is -0.261. The predicted octanol–water partition coefficient (Wildman–Crippen LogP) is 0.0338. The van der Waals surface area contributed by atoms with Gasteiger partial charge in [0.25, 0.3) is 0 Å². The lowest BCUT2D eigenvalue weighted by atomic mass is 10.2. The van der Waals surface area contributed by atoms with Gasteiger partial charge in [0.2, 0.25) is 10.0 Å². The average molecular weight is 336 g/mol. The van der Waals surface area contributed by atoms with E-state index in [1.807, 2.05) is 0 Å². The highest BCUT2D eigenvalue weighted by Gasteiger charge is 2.16. The van der Waals surface area contributed by atoms with Crippen molar-refractivity contribution in [1.29, 1.82) is 0 Å². The molecule has 0 aliphatic carbocycles. The normalized spacial score (nSPS) is 12.2. The van der Waals surface area contributed by atoms with Crippen LogP contribution in [-0.2, 0) is 19.9 Å². The molecule has 0 aromatic heterocycles. The van der Waals surface area contributed by atoms with Gasteiger partial charge < -0.3 is 5.73 Å². The summed E-state index contributed by atoms with van der Waals surface area (Å²) < 4.78 is 48.8. The van der Waals surface area contributed by atoms with E-state index in [0.29, 0.717) is 5.56 Å². The van der Waals surface area contributed by atoms with Crippen molar-refractivity contribution in [2.45, 2.75) is 11.8 Å². The second-order valence-electron chi connectivity index (χ2n) is 4.03. The van der Waals surface area contributed by atoms with E-state index in [-0.39, 0.29) is 27.9 Å². The van der Waals surface area contributed by atoms with Crippen LogP contribution in [0.4, 0.5) is 0 Å². The van der Waals surface area contributed by atoms with Crippen molar-refractivity contribution >= 4 is 37.1 Å². The summed E-state index contributed by atoms with van der Waals surface area (Å²) >= 11 is 4.78. The van der Waals surface area contributed by atoms with Crippen molar-refractivity contribution in [2.75, 3.05) is 18.1 Å². The smallest absolute Gasteiger partial charge is 0.240 e. The van der Waals surface area contributed by atoms with Gasteiger partial charge in [-0.15, -0.1) is 0 Å². The third-order valence-corrected chi connectivity index (χ3v) is 5.97. The molecule has 0 saturated heterocycles. The minimum atomic E-state index is -3.78. The van der Waals surface area contributed by atoms with Crippen LogP contribution in [0.3, 0.4) is 0 Å². The lowest BCUT2D eigenvalue weighted by Gasteiger charge is -2.08. The highest BCUT2D eigenvalue weighted by Crippen LogP contribution is 2.11. The molecule has 9 heteroatoms. The number of sulfone groups is 1. The molecule has 1 rings (SSSR count). The summed E-state index contributed by atoms with van der Waals surface area (Å²) in [7, 11) is -6.99. The van der Waals surface area contributed by atoms with Crippen LogP contribution in [0, 0.1) is 0 Å². The predicted molar refractivity (Wildman–Crippen MR) is 81.8 cm³/mol. The van der Waals surface area contributed by atoms with Crippen LogP contribution in [0.5, 0.6) is 0 Å². The number of nitrogens with one attached hydrogen (secondary N) is 1. The molecule has 6 nitrogen and oxygen atoms in total. The van der Waals surface area contributed by atoms with Crippen LogP contribution in [-0.4, -0.2) is 39.9 Å². The Labute approximate surface area is 124 Å². The Morgan fingerprint density at radius 1 is 1.30 bits per heavy atom. The van der Waals surface area contributed by atoms with E-state index in [0.717, 1.165) is 0 Å². The second-order valence-corrected chi connectivity index (χ2v) is 8.71. The maximum Gasteiger partial charge on any atom is 0.240 e. The fourth-order valence-corrected chi connectivity index (χ4v) is 3.41. The first kappa shape index (κ1) is 17.0. The first-order valence-electron chi connectivity index (χ1n) is 5.78. The number of sulfonamides is 1. The molecule has 0 radical (unpaired) electrons. The fourth-order valence-electron chi connectivity index (χ4n) is 1.38. The third kappa shape index (κ3) is 4.82. The van der Waals surface area contributed by atoms with Crippen molar-refractivity contribution in [1.82, 2.24) is 4.72 Å². The molecule has 1 aromatic carbocycles. The Morgan fingerprint density at radius 2 is 1.95 bits per heavy atom. The number of hydrogen-bond donors (Lipinski definition) is 2. The van der Waals surface area contributed by atoms with Crippen molar-refractivity contribution in [2.24, 2.45) is 5.73 Å². The Balaban J connectivity index is 2.84. The summed E-state index contributed by atoms with van der Waals surface area (Å²) in [6.45, 7) is 1.34. The summed E-state index contributed by atoms with van der Waals surface area (Å²) in [6.07, 6.45) is 0. The molecule has 0 fully saturated rings. The molecule has 1 aromatic rings. The Morgan fingerprint density at radius 3 is 2.50 bits per heavy atom. The van der Waals surface area contributed by atoms with Crippen LogP contribution in [0.15, 0.2) is 29.2 Å². The van der Waals surface area contributed by atoms with E-state index in [4.69, 9.17) is 18.0 Å². The van der Waals surface area contributed by atoms with Crippen LogP contribution in [0.1, 0.15) is 12.5 Å². The van der Waals surface area contributed by atoms with Crippen LogP contribution >= 0.6 is 12.2 Å². The molecule has 0 unspecified atom stereocenters. The van der Waals surface area contributed by atoms with Crippen LogP contribution in [0.2, 0.25) is 0 Å². The molecule has 0 aliphatic rings. The van der Waals surface area contributed by atoms with E-state index in [9.17, 15) is 16.8 Å². The lowest BCUT2D eigenvalue weighted by Crippen LogP contribution is -2.29. The number of rotatable bonds is 7. The zero-order valence-corrected chi connectivity index (χ0v) is 13.3. The van der Waals surface area contributed by atoms with Gasteiger partial charge in [-0.3, -0.25) is 0 Å². The van der Waals surface area contributed by atoms with E-state index in [1.54, 1.807) is 6.07 Å². The molecule has 3 N–H and O–H groups in total. The van der Waals surface area contributed by atoms with Gasteiger partial charge in [0.05, 0.1) is 10.6 Å². The van der Waals surface area contributed by atoms with Crippen molar-refractivity contribution < 1.29 is 16.8 Å². The largest absolute Gasteiger partial charge is 0.389 e. The van der Waals surface area contributed by atoms with Gasteiger partial charge >= 0.3 is 0 Å². The summed E-state index contributed by atoms with van der Waals surface area (Å²) in [4.78, 5) is 0.0901. The molecule has 112 valence electrons. The van der Waals surface area contributed by atoms with Gasteiger partial charge in [0.15, 0.2) is 9.84 Å². The summed E-state index contributed by atoms with van der Waals surface area (Å²) in [5.41, 5.74) is 5.87. The standard InChI is InChI=1S/C11H16N2O4S3/c1-2-19(14,15)7-6-13-20(16,17)10-5-3-4-9(8-10)11(12)18/h3-5,8,13H,2,6-7H2,1H3,(H2,12,18). The number of nitrogens with two attached hydrogens (primary N) is 1. The average Bonchev–Trinajstić information content (AvgIpc) is 2.38.